The van der Waals surface area contributed by atoms with E-state index in [9.17, 15) is 14.0 Å². The largest absolute Gasteiger partial charge is 0.494 e. The Kier molecular flexibility index (Phi) is 5.96. The molecule has 0 aliphatic rings. The third-order valence-corrected chi connectivity index (χ3v) is 2.87. The first-order valence-corrected chi connectivity index (χ1v) is 5.98. The molecule has 0 aromatic heterocycles. The van der Waals surface area contributed by atoms with E-state index in [-0.39, 0.29) is 18.6 Å². The SMILES string of the molecule is COC(=O)CC(Cc1ccc(OC)c(F)c1)C(=O)OC. The van der Waals surface area contributed by atoms with Gasteiger partial charge in [0, 0.05) is 0 Å². The Morgan fingerprint density at radius 1 is 1.20 bits per heavy atom. The van der Waals surface area contributed by atoms with Gasteiger partial charge >= 0.3 is 11.9 Å². The molecule has 0 saturated heterocycles. The van der Waals surface area contributed by atoms with E-state index in [1.54, 1.807) is 6.07 Å². The first-order chi connectivity index (χ1) is 9.51. The summed E-state index contributed by atoms with van der Waals surface area (Å²) in [5.74, 6) is -2.16. The minimum absolute atomic E-state index is 0.114. The van der Waals surface area contributed by atoms with Crippen LogP contribution >= 0.6 is 0 Å². The average molecular weight is 284 g/mol. The summed E-state index contributed by atoms with van der Waals surface area (Å²) in [6, 6.07) is 4.37. The van der Waals surface area contributed by atoms with Crippen molar-refractivity contribution in [2.24, 2.45) is 5.92 Å². The van der Waals surface area contributed by atoms with Gasteiger partial charge in [-0.2, -0.15) is 0 Å². The van der Waals surface area contributed by atoms with Crippen LogP contribution in [-0.2, 0) is 25.5 Å². The van der Waals surface area contributed by atoms with Crippen LogP contribution in [0, 0.1) is 11.7 Å². The molecular formula is C14H17FO5. The van der Waals surface area contributed by atoms with Gasteiger partial charge in [-0.1, -0.05) is 6.07 Å². The summed E-state index contributed by atoms with van der Waals surface area (Å²) in [6.45, 7) is 0. The zero-order valence-electron chi connectivity index (χ0n) is 11.6. The molecule has 0 aliphatic heterocycles. The van der Waals surface area contributed by atoms with E-state index in [4.69, 9.17) is 4.74 Å². The standard InChI is InChI=1S/C14H17FO5/c1-18-12-5-4-9(7-11(12)15)6-10(14(17)20-3)8-13(16)19-2/h4-5,7,10H,6,8H2,1-3H3. The summed E-state index contributed by atoms with van der Waals surface area (Å²) in [4.78, 5) is 22.9. The lowest BCUT2D eigenvalue weighted by atomic mass is 9.96. The monoisotopic (exact) mass is 284 g/mol. The summed E-state index contributed by atoms with van der Waals surface area (Å²) < 4.78 is 27.6. The van der Waals surface area contributed by atoms with Gasteiger partial charge in [0.15, 0.2) is 11.6 Å². The fourth-order valence-corrected chi connectivity index (χ4v) is 1.81. The fourth-order valence-electron chi connectivity index (χ4n) is 1.81. The van der Waals surface area contributed by atoms with Crippen molar-refractivity contribution in [3.63, 3.8) is 0 Å². The van der Waals surface area contributed by atoms with E-state index < -0.39 is 23.7 Å². The van der Waals surface area contributed by atoms with E-state index in [0.717, 1.165) is 0 Å². The van der Waals surface area contributed by atoms with Crippen LogP contribution in [0.25, 0.3) is 0 Å². The molecule has 0 amide bonds. The maximum absolute atomic E-state index is 13.6. The lowest BCUT2D eigenvalue weighted by Crippen LogP contribution is -2.22. The van der Waals surface area contributed by atoms with Crippen LogP contribution in [0.1, 0.15) is 12.0 Å². The van der Waals surface area contributed by atoms with Gasteiger partial charge in [0.2, 0.25) is 0 Å². The molecule has 0 heterocycles. The van der Waals surface area contributed by atoms with Gasteiger partial charge in [-0.3, -0.25) is 9.59 Å². The molecule has 110 valence electrons. The molecule has 0 N–H and O–H groups in total. The van der Waals surface area contributed by atoms with Gasteiger partial charge in [0.1, 0.15) is 0 Å². The Morgan fingerprint density at radius 2 is 1.90 bits per heavy atom. The summed E-state index contributed by atoms with van der Waals surface area (Å²) in [6.07, 6.45) is 0.0690. The Morgan fingerprint density at radius 3 is 2.40 bits per heavy atom. The van der Waals surface area contributed by atoms with Crippen molar-refractivity contribution >= 4 is 11.9 Å². The lowest BCUT2D eigenvalue weighted by Gasteiger charge is -2.14. The number of ether oxygens (including phenoxy) is 3. The molecule has 1 rings (SSSR count). The van der Waals surface area contributed by atoms with Crippen molar-refractivity contribution in [1.29, 1.82) is 0 Å². The number of hydrogen-bond donors (Lipinski definition) is 0. The van der Waals surface area contributed by atoms with Gasteiger partial charge < -0.3 is 14.2 Å². The van der Waals surface area contributed by atoms with Crippen LogP contribution in [-0.4, -0.2) is 33.3 Å². The third-order valence-electron chi connectivity index (χ3n) is 2.87. The number of carbonyl (C=O) groups is 2. The zero-order chi connectivity index (χ0) is 15.1. The third kappa shape index (κ3) is 4.22. The predicted octanol–water partition coefficient (Wildman–Crippen LogP) is 1.73. The van der Waals surface area contributed by atoms with Crippen LogP contribution < -0.4 is 4.74 Å². The first-order valence-electron chi connectivity index (χ1n) is 5.98. The molecule has 0 saturated carbocycles. The van der Waals surface area contributed by atoms with Crippen molar-refractivity contribution in [3.8, 4) is 5.75 Å². The normalized spacial score (nSPS) is 11.6. The maximum atomic E-state index is 13.6. The minimum Gasteiger partial charge on any atom is -0.494 e. The topological polar surface area (TPSA) is 61.8 Å². The van der Waals surface area contributed by atoms with Crippen molar-refractivity contribution in [1.82, 2.24) is 0 Å². The smallest absolute Gasteiger partial charge is 0.309 e. The van der Waals surface area contributed by atoms with E-state index in [2.05, 4.69) is 9.47 Å². The van der Waals surface area contributed by atoms with Gasteiger partial charge in [0.25, 0.3) is 0 Å². The summed E-state index contributed by atoms with van der Waals surface area (Å²) in [7, 11) is 3.84. The lowest BCUT2D eigenvalue weighted by molar-refractivity contribution is -0.151. The molecular weight excluding hydrogens is 267 g/mol. The summed E-state index contributed by atoms with van der Waals surface area (Å²) >= 11 is 0. The number of methoxy groups -OCH3 is 3. The highest BCUT2D eigenvalue weighted by molar-refractivity contribution is 5.80. The van der Waals surface area contributed by atoms with Crippen LogP contribution in [0.3, 0.4) is 0 Å². The summed E-state index contributed by atoms with van der Waals surface area (Å²) in [5, 5.41) is 0. The van der Waals surface area contributed by atoms with E-state index in [0.29, 0.717) is 5.56 Å². The number of benzene rings is 1. The second-order valence-corrected chi connectivity index (χ2v) is 4.17. The Bertz CT molecular complexity index is 486. The first kappa shape index (κ1) is 15.9. The average Bonchev–Trinajstić information content (AvgIpc) is 2.45. The molecule has 1 atom stereocenters. The van der Waals surface area contributed by atoms with Crippen molar-refractivity contribution < 1.29 is 28.2 Å². The van der Waals surface area contributed by atoms with Crippen LogP contribution in [0.5, 0.6) is 5.75 Å². The fraction of sp³-hybridized carbons (Fsp3) is 0.429. The van der Waals surface area contributed by atoms with Crippen LogP contribution in [0.15, 0.2) is 18.2 Å². The Balaban J connectivity index is 2.86. The van der Waals surface area contributed by atoms with E-state index in [1.807, 2.05) is 0 Å². The number of esters is 2. The quantitative estimate of drug-likeness (QED) is 0.744. The van der Waals surface area contributed by atoms with Gasteiger partial charge in [-0.25, -0.2) is 4.39 Å². The van der Waals surface area contributed by atoms with Gasteiger partial charge in [-0.15, -0.1) is 0 Å². The molecule has 0 fully saturated rings. The number of halogens is 1. The highest BCUT2D eigenvalue weighted by atomic mass is 19.1. The van der Waals surface area contributed by atoms with Gasteiger partial charge in [0.05, 0.1) is 33.7 Å². The van der Waals surface area contributed by atoms with Crippen molar-refractivity contribution in [2.45, 2.75) is 12.8 Å². The number of hydrogen-bond acceptors (Lipinski definition) is 5. The summed E-state index contributed by atoms with van der Waals surface area (Å²) in [5.41, 5.74) is 0.572. The predicted molar refractivity (Wildman–Crippen MR) is 68.8 cm³/mol. The van der Waals surface area contributed by atoms with Gasteiger partial charge in [-0.05, 0) is 24.1 Å². The molecule has 1 unspecified atom stereocenters. The number of carbonyl (C=O) groups excluding carboxylic acids is 2. The molecule has 1 aromatic rings. The highest BCUT2D eigenvalue weighted by Crippen LogP contribution is 2.21. The van der Waals surface area contributed by atoms with Crippen molar-refractivity contribution in [2.75, 3.05) is 21.3 Å². The molecule has 1 aromatic carbocycles. The Hall–Kier alpha value is -2.11. The molecule has 0 aliphatic carbocycles. The minimum atomic E-state index is -0.708. The Labute approximate surface area is 116 Å². The molecule has 0 spiro atoms. The molecule has 0 bridgehead atoms. The highest BCUT2D eigenvalue weighted by Gasteiger charge is 2.24. The molecule has 5 nitrogen and oxygen atoms in total. The second-order valence-electron chi connectivity index (χ2n) is 4.17. The molecule has 6 heteroatoms. The maximum Gasteiger partial charge on any atom is 0.309 e. The molecule has 0 radical (unpaired) electrons. The van der Waals surface area contributed by atoms with Crippen LogP contribution in [0.2, 0.25) is 0 Å². The van der Waals surface area contributed by atoms with E-state index in [1.165, 1.54) is 33.5 Å². The second kappa shape index (κ2) is 7.47. The zero-order valence-corrected chi connectivity index (χ0v) is 11.6. The van der Waals surface area contributed by atoms with Crippen LogP contribution in [0.4, 0.5) is 4.39 Å². The van der Waals surface area contributed by atoms with Crippen molar-refractivity contribution in [3.05, 3.63) is 29.6 Å². The molecule has 20 heavy (non-hydrogen) atoms. The van der Waals surface area contributed by atoms with E-state index >= 15 is 0 Å². The number of rotatable bonds is 6.